The number of aryl methyl sites for hydroxylation is 1. The van der Waals surface area contributed by atoms with E-state index in [0.717, 1.165) is 12.3 Å². The summed E-state index contributed by atoms with van der Waals surface area (Å²) in [6, 6.07) is 0.391. The summed E-state index contributed by atoms with van der Waals surface area (Å²) in [4.78, 5) is 10.5. The van der Waals surface area contributed by atoms with Crippen LogP contribution < -0.4 is 5.32 Å². The highest BCUT2D eigenvalue weighted by Crippen LogP contribution is 2.33. The highest BCUT2D eigenvalue weighted by molar-refractivity contribution is 5.39. The third-order valence-electron chi connectivity index (χ3n) is 4.00. The molecule has 0 spiro atoms. The minimum atomic E-state index is -0.607. The van der Waals surface area contributed by atoms with E-state index in [-0.39, 0.29) is 12.2 Å². The van der Waals surface area contributed by atoms with Gasteiger partial charge in [-0.15, -0.1) is 0 Å². The topological polar surface area (TPSA) is 93.2 Å². The van der Waals surface area contributed by atoms with Crippen LogP contribution in [-0.2, 0) is 6.54 Å². The minimum absolute atomic E-state index is 0.0391. The van der Waals surface area contributed by atoms with Crippen molar-refractivity contribution in [1.29, 1.82) is 0 Å². The molecule has 1 aliphatic carbocycles. The molecule has 0 aromatic carbocycles. The standard InChI is InChI=1S/C14H24N4O3/c1-9(6-12-4-5-12)15-7-13(19)8-17-11(3)14(18(20)21)10(2)16-17/h9,12-13,15,19H,4-8H2,1-3H3. The summed E-state index contributed by atoms with van der Waals surface area (Å²) in [5.74, 6) is 0.850. The van der Waals surface area contributed by atoms with Crippen LogP contribution in [0, 0.1) is 29.9 Å². The molecule has 118 valence electrons. The van der Waals surface area contributed by atoms with Crippen LogP contribution in [-0.4, -0.2) is 38.5 Å². The maximum atomic E-state index is 10.9. The molecule has 7 nitrogen and oxygen atoms in total. The summed E-state index contributed by atoms with van der Waals surface area (Å²) >= 11 is 0. The van der Waals surface area contributed by atoms with Gasteiger partial charge in [0.1, 0.15) is 11.4 Å². The molecule has 2 rings (SSSR count). The van der Waals surface area contributed by atoms with E-state index in [4.69, 9.17) is 0 Å². The molecule has 21 heavy (non-hydrogen) atoms. The second-order valence-electron chi connectivity index (χ2n) is 6.10. The van der Waals surface area contributed by atoms with E-state index in [1.807, 2.05) is 0 Å². The Morgan fingerprint density at radius 1 is 1.52 bits per heavy atom. The quantitative estimate of drug-likeness (QED) is 0.561. The van der Waals surface area contributed by atoms with Crippen molar-refractivity contribution in [3.63, 3.8) is 0 Å². The third kappa shape index (κ3) is 4.25. The Kier molecular flexibility index (Phi) is 4.95. The van der Waals surface area contributed by atoms with Crippen LogP contribution in [0.3, 0.4) is 0 Å². The molecule has 1 saturated carbocycles. The van der Waals surface area contributed by atoms with E-state index in [1.54, 1.807) is 13.8 Å². The van der Waals surface area contributed by atoms with Crippen LogP contribution in [0.2, 0.25) is 0 Å². The first-order valence-corrected chi connectivity index (χ1v) is 7.48. The fourth-order valence-corrected chi connectivity index (χ4v) is 2.67. The smallest absolute Gasteiger partial charge is 0.312 e. The molecule has 1 aromatic rings. The minimum Gasteiger partial charge on any atom is -0.390 e. The summed E-state index contributed by atoms with van der Waals surface area (Å²) in [5.41, 5.74) is 0.916. The van der Waals surface area contributed by atoms with Crippen molar-refractivity contribution in [3.05, 3.63) is 21.5 Å². The first-order chi connectivity index (χ1) is 9.88. The Hall–Kier alpha value is -1.47. The summed E-state index contributed by atoms with van der Waals surface area (Å²) in [7, 11) is 0. The molecule has 0 saturated heterocycles. The van der Waals surface area contributed by atoms with Crippen molar-refractivity contribution in [1.82, 2.24) is 15.1 Å². The van der Waals surface area contributed by atoms with Crippen LogP contribution in [0.25, 0.3) is 0 Å². The maximum absolute atomic E-state index is 10.9. The van der Waals surface area contributed by atoms with Crippen molar-refractivity contribution in [2.75, 3.05) is 6.54 Å². The number of aliphatic hydroxyl groups is 1. The number of nitrogens with one attached hydrogen (secondary N) is 1. The Morgan fingerprint density at radius 2 is 2.19 bits per heavy atom. The van der Waals surface area contributed by atoms with Gasteiger partial charge in [-0.05, 0) is 33.1 Å². The molecule has 0 radical (unpaired) electrons. The summed E-state index contributed by atoms with van der Waals surface area (Å²) in [5, 5.41) is 28.5. The Labute approximate surface area is 124 Å². The van der Waals surface area contributed by atoms with Crippen molar-refractivity contribution in [2.24, 2.45) is 5.92 Å². The van der Waals surface area contributed by atoms with E-state index >= 15 is 0 Å². The van der Waals surface area contributed by atoms with E-state index in [9.17, 15) is 15.2 Å². The van der Waals surface area contributed by atoms with Crippen molar-refractivity contribution < 1.29 is 10.0 Å². The lowest BCUT2D eigenvalue weighted by atomic mass is 10.1. The van der Waals surface area contributed by atoms with Gasteiger partial charge in [-0.25, -0.2) is 0 Å². The molecule has 1 aliphatic rings. The lowest BCUT2D eigenvalue weighted by Crippen LogP contribution is -2.36. The lowest BCUT2D eigenvalue weighted by molar-refractivity contribution is -0.386. The number of nitrogens with zero attached hydrogens (tertiary/aromatic N) is 3. The Balaban J connectivity index is 1.85. The molecular weight excluding hydrogens is 272 g/mol. The van der Waals surface area contributed by atoms with Gasteiger partial charge < -0.3 is 10.4 Å². The van der Waals surface area contributed by atoms with Gasteiger partial charge in [-0.2, -0.15) is 5.10 Å². The molecule has 1 heterocycles. The molecule has 1 aromatic heterocycles. The predicted molar refractivity (Wildman–Crippen MR) is 79.2 cm³/mol. The van der Waals surface area contributed by atoms with Crippen molar-refractivity contribution in [2.45, 2.75) is 58.7 Å². The van der Waals surface area contributed by atoms with Crippen LogP contribution in [0.15, 0.2) is 0 Å². The fraction of sp³-hybridized carbons (Fsp3) is 0.786. The number of hydrogen-bond donors (Lipinski definition) is 2. The zero-order valence-corrected chi connectivity index (χ0v) is 12.9. The van der Waals surface area contributed by atoms with Crippen LogP contribution in [0.4, 0.5) is 5.69 Å². The molecule has 1 fully saturated rings. The SMILES string of the molecule is Cc1nn(CC(O)CNC(C)CC2CC2)c(C)c1[N+](=O)[O-]. The lowest BCUT2D eigenvalue weighted by Gasteiger charge is -2.17. The molecule has 2 N–H and O–H groups in total. The van der Waals surface area contributed by atoms with Gasteiger partial charge in [-0.3, -0.25) is 14.8 Å². The molecule has 7 heteroatoms. The number of aliphatic hydroxyl groups excluding tert-OH is 1. The van der Waals surface area contributed by atoms with Crippen molar-refractivity contribution in [3.8, 4) is 0 Å². The van der Waals surface area contributed by atoms with E-state index in [0.29, 0.717) is 24.0 Å². The number of hydrogen-bond acceptors (Lipinski definition) is 5. The van der Waals surface area contributed by atoms with Gasteiger partial charge in [0.25, 0.3) is 0 Å². The fourth-order valence-electron chi connectivity index (χ4n) is 2.67. The molecular formula is C14H24N4O3. The predicted octanol–water partition coefficient (Wildman–Crippen LogP) is 1.55. The Morgan fingerprint density at radius 3 is 2.71 bits per heavy atom. The summed E-state index contributed by atoms with van der Waals surface area (Å²) in [6.45, 7) is 6.14. The zero-order chi connectivity index (χ0) is 15.6. The normalized spacial score (nSPS) is 17.7. The van der Waals surface area contributed by atoms with Gasteiger partial charge in [0.05, 0.1) is 17.6 Å². The van der Waals surface area contributed by atoms with E-state index < -0.39 is 11.0 Å². The third-order valence-corrected chi connectivity index (χ3v) is 4.00. The molecule has 0 aliphatic heterocycles. The molecule has 2 unspecified atom stereocenters. The summed E-state index contributed by atoms with van der Waals surface area (Å²) in [6.07, 6.45) is 3.19. The van der Waals surface area contributed by atoms with Gasteiger partial charge in [0.15, 0.2) is 0 Å². The van der Waals surface area contributed by atoms with Crippen LogP contribution in [0.1, 0.15) is 37.6 Å². The van der Waals surface area contributed by atoms with Crippen LogP contribution in [0.5, 0.6) is 0 Å². The van der Waals surface area contributed by atoms with Gasteiger partial charge in [-0.1, -0.05) is 12.8 Å². The summed E-state index contributed by atoms with van der Waals surface area (Å²) < 4.78 is 1.52. The van der Waals surface area contributed by atoms with E-state index in [1.165, 1.54) is 17.5 Å². The van der Waals surface area contributed by atoms with Gasteiger partial charge >= 0.3 is 5.69 Å². The van der Waals surface area contributed by atoms with Crippen molar-refractivity contribution >= 4 is 5.69 Å². The number of aromatic nitrogens is 2. The second kappa shape index (κ2) is 6.53. The highest BCUT2D eigenvalue weighted by Gasteiger charge is 2.25. The molecule has 0 bridgehead atoms. The first-order valence-electron chi connectivity index (χ1n) is 7.48. The van der Waals surface area contributed by atoms with Gasteiger partial charge in [0.2, 0.25) is 0 Å². The first kappa shape index (κ1) is 15.9. The maximum Gasteiger partial charge on any atom is 0.312 e. The largest absolute Gasteiger partial charge is 0.390 e. The zero-order valence-electron chi connectivity index (χ0n) is 12.9. The average Bonchev–Trinajstić information content (AvgIpc) is 3.14. The van der Waals surface area contributed by atoms with E-state index in [2.05, 4.69) is 17.3 Å². The average molecular weight is 296 g/mol. The van der Waals surface area contributed by atoms with Gasteiger partial charge in [0, 0.05) is 12.6 Å². The molecule has 2 atom stereocenters. The number of rotatable bonds is 8. The Bertz CT molecular complexity index is 511. The second-order valence-corrected chi connectivity index (χ2v) is 6.10. The molecule has 0 amide bonds. The number of nitro groups is 1. The van der Waals surface area contributed by atoms with Crippen LogP contribution >= 0.6 is 0 Å². The highest BCUT2D eigenvalue weighted by atomic mass is 16.6. The monoisotopic (exact) mass is 296 g/mol.